The third-order valence-corrected chi connectivity index (χ3v) is 6.16. The van der Waals surface area contributed by atoms with Crippen LogP contribution >= 0.6 is 0 Å². The highest BCUT2D eigenvalue weighted by atomic mass is 16.5. The Labute approximate surface area is 194 Å². The lowest BCUT2D eigenvalue weighted by atomic mass is 10.00. The maximum Gasteiger partial charge on any atom is 0.273 e. The molecule has 0 radical (unpaired) electrons. The molecule has 1 saturated heterocycles. The molecule has 1 aromatic heterocycles. The minimum Gasteiger partial charge on any atom is -0.497 e. The van der Waals surface area contributed by atoms with Crippen LogP contribution in [0.3, 0.4) is 0 Å². The molecule has 7 nitrogen and oxygen atoms in total. The number of methoxy groups -OCH3 is 2. The lowest BCUT2D eigenvalue weighted by molar-refractivity contribution is 0.0914. The number of ether oxygens (including phenoxy) is 2. The van der Waals surface area contributed by atoms with Crippen molar-refractivity contribution in [3.8, 4) is 22.8 Å². The first-order valence-corrected chi connectivity index (χ1v) is 11.4. The number of amides is 1. The van der Waals surface area contributed by atoms with Crippen molar-refractivity contribution in [3.63, 3.8) is 0 Å². The number of likely N-dealkylation sites (tertiary alicyclic amines) is 1. The van der Waals surface area contributed by atoms with E-state index in [1.807, 2.05) is 49.4 Å². The quantitative estimate of drug-likeness (QED) is 0.541. The Bertz CT molecular complexity index is 1070. The highest BCUT2D eigenvalue weighted by Gasteiger charge is 2.27. The zero-order valence-corrected chi connectivity index (χ0v) is 19.5. The van der Waals surface area contributed by atoms with Crippen LogP contribution in [0.5, 0.6) is 11.5 Å². The Morgan fingerprint density at radius 2 is 1.82 bits per heavy atom. The smallest absolute Gasteiger partial charge is 0.273 e. The Kier molecular flexibility index (Phi) is 7.29. The fourth-order valence-corrected chi connectivity index (χ4v) is 4.28. The highest BCUT2D eigenvalue weighted by Crippen LogP contribution is 2.34. The minimum atomic E-state index is -0.263. The summed E-state index contributed by atoms with van der Waals surface area (Å²) in [5, 5.41) is 7.05. The first-order valence-electron chi connectivity index (χ1n) is 11.4. The van der Waals surface area contributed by atoms with E-state index in [0.29, 0.717) is 12.3 Å². The van der Waals surface area contributed by atoms with E-state index in [9.17, 15) is 4.79 Å². The lowest BCUT2D eigenvalue weighted by Gasteiger charge is -2.35. The van der Waals surface area contributed by atoms with E-state index in [1.54, 1.807) is 20.3 Å². The van der Waals surface area contributed by atoms with Crippen LogP contribution < -0.4 is 14.8 Å². The van der Waals surface area contributed by atoms with Crippen LogP contribution in [0.2, 0.25) is 0 Å². The van der Waals surface area contributed by atoms with Gasteiger partial charge in [0.05, 0.1) is 20.3 Å². The number of carbonyl (C=O) groups is 1. The summed E-state index contributed by atoms with van der Waals surface area (Å²) in [6.07, 6.45) is 3.51. The van der Waals surface area contributed by atoms with Crippen LogP contribution in [0, 0.1) is 6.92 Å². The van der Waals surface area contributed by atoms with Crippen LogP contribution in [0.25, 0.3) is 11.3 Å². The van der Waals surface area contributed by atoms with Gasteiger partial charge >= 0.3 is 0 Å². The van der Waals surface area contributed by atoms with E-state index in [-0.39, 0.29) is 17.6 Å². The zero-order valence-electron chi connectivity index (χ0n) is 19.5. The van der Waals surface area contributed by atoms with Gasteiger partial charge in [-0.05, 0) is 51.1 Å². The molecule has 3 aromatic rings. The predicted molar refractivity (Wildman–Crippen MR) is 127 cm³/mol. The first kappa shape index (κ1) is 22.9. The Morgan fingerprint density at radius 1 is 1.06 bits per heavy atom. The monoisotopic (exact) mass is 449 g/mol. The first-order chi connectivity index (χ1) is 16.1. The highest BCUT2D eigenvalue weighted by molar-refractivity contribution is 5.93. The molecule has 33 heavy (non-hydrogen) atoms. The Hall–Kier alpha value is -3.32. The number of hydrogen-bond donors (Lipinski definition) is 1. The van der Waals surface area contributed by atoms with Gasteiger partial charge in [-0.15, -0.1) is 0 Å². The summed E-state index contributed by atoms with van der Waals surface area (Å²) < 4.78 is 16.5. The van der Waals surface area contributed by atoms with Crippen molar-refractivity contribution in [2.24, 2.45) is 0 Å². The van der Waals surface area contributed by atoms with Gasteiger partial charge in [0.1, 0.15) is 11.5 Å². The summed E-state index contributed by atoms with van der Waals surface area (Å²) in [6, 6.07) is 15.4. The Morgan fingerprint density at radius 3 is 2.52 bits per heavy atom. The fourth-order valence-electron chi connectivity index (χ4n) is 4.28. The number of benzene rings is 2. The van der Waals surface area contributed by atoms with Crippen LogP contribution in [0.15, 0.2) is 53.1 Å². The van der Waals surface area contributed by atoms with Gasteiger partial charge in [0.25, 0.3) is 5.91 Å². The topological polar surface area (TPSA) is 76.8 Å². The SMILES string of the molecule is COc1ccc(OC)c([C@H](CNC(=O)c2cc(-c3ccc(C)cc3)on2)N2CCCCC2)c1. The largest absolute Gasteiger partial charge is 0.497 e. The number of nitrogens with zero attached hydrogens (tertiary/aromatic N) is 2. The lowest BCUT2D eigenvalue weighted by Crippen LogP contribution is -2.40. The summed E-state index contributed by atoms with van der Waals surface area (Å²) in [7, 11) is 3.32. The number of aromatic nitrogens is 1. The molecule has 1 fully saturated rings. The Balaban J connectivity index is 1.53. The molecule has 7 heteroatoms. The van der Waals surface area contributed by atoms with Gasteiger partial charge in [-0.2, -0.15) is 0 Å². The molecule has 0 spiro atoms. The molecule has 174 valence electrons. The van der Waals surface area contributed by atoms with Gasteiger partial charge in [0, 0.05) is 23.7 Å². The van der Waals surface area contributed by atoms with E-state index in [2.05, 4.69) is 15.4 Å². The summed E-state index contributed by atoms with van der Waals surface area (Å²) in [5.74, 6) is 1.85. The van der Waals surface area contributed by atoms with Crippen molar-refractivity contribution in [2.45, 2.75) is 32.2 Å². The minimum absolute atomic E-state index is 0.0391. The van der Waals surface area contributed by atoms with E-state index in [0.717, 1.165) is 54.1 Å². The third kappa shape index (κ3) is 5.37. The number of aryl methyl sites for hydroxylation is 1. The van der Waals surface area contributed by atoms with Gasteiger partial charge in [-0.3, -0.25) is 9.69 Å². The number of carbonyl (C=O) groups excluding carboxylic acids is 1. The van der Waals surface area contributed by atoms with Crippen molar-refractivity contribution in [1.82, 2.24) is 15.4 Å². The molecule has 0 aliphatic carbocycles. The standard InChI is InChI=1S/C26H31N3O4/c1-18-7-9-19(10-8-18)25-16-22(28-33-25)26(30)27-17-23(29-13-5-4-6-14-29)21-15-20(31-2)11-12-24(21)32-3/h7-12,15-16,23H,4-6,13-14,17H2,1-3H3,(H,27,30)/t23-/m0/s1. The number of piperidine rings is 1. The van der Waals surface area contributed by atoms with Gasteiger partial charge in [0.2, 0.25) is 0 Å². The predicted octanol–water partition coefficient (Wildman–Crippen LogP) is 4.62. The van der Waals surface area contributed by atoms with E-state index >= 15 is 0 Å². The van der Waals surface area contributed by atoms with Crippen molar-refractivity contribution in [1.29, 1.82) is 0 Å². The average Bonchev–Trinajstić information content (AvgIpc) is 3.35. The van der Waals surface area contributed by atoms with Crippen molar-refractivity contribution in [3.05, 3.63) is 65.4 Å². The van der Waals surface area contributed by atoms with Crippen LogP contribution in [0.1, 0.15) is 46.9 Å². The average molecular weight is 450 g/mol. The number of nitrogens with one attached hydrogen (secondary N) is 1. The summed E-state index contributed by atoms with van der Waals surface area (Å²) in [4.78, 5) is 15.3. The van der Waals surface area contributed by atoms with E-state index in [4.69, 9.17) is 14.0 Å². The van der Waals surface area contributed by atoms with Gasteiger partial charge in [-0.25, -0.2) is 0 Å². The maximum absolute atomic E-state index is 12.9. The molecule has 4 rings (SSSR count). The van der Waals surface area contributed by atoms with Crippen molar-refractivity contribution < 1.29 is 18.8 Å². The van der Waals surface area contributed by atoms with Crippen LogP contribution in [-0.2, 0) is 0 Å². The van der Waals surface area contributed by atoms with Gasteiger partial charge in [0.15, 0.2) is 11.5 Å². The second-order valence-corrected chi connectivity index (χ2v) is 8.37. The second kappa shape index (κ2) is 10.5. The maximum atomic E-state index is 12.9. The molecule has 1 atom stereocenters. The summed E-state index contributed by atoms with van der Waals surface area (Å²) >= 11 is 0. The summed E-state index contributed by atoms with van der Waals surface area (Å²) in [6.45, 7) is 4.40. The van der Waals surface area contributed by atoms with E-state index < -0.39 is 0 Å². The molecule has 0 bridgehead atoms. The number of rotatable bonds is 8. The molecule has 0 saturated carbocycles. The van der Waals surface area contributed by atoms with Crippen molar-refractivity contribution in [2.75, 3.05) is 33.9 Å². The van der Waals surface area contributed by atoms with Crippen molar-refractivity contribution >= 4 is 5.91 Å². The number of hydrogen-bond acceptors (Lipinski definition) is 6. The molecule has 0 unspecified atom stereocenters. The second-order valence-electron chi connectivity index (χ2n) is 8.37. The molecular formula is C26H31N3O4. The van der Waals surface area contributed by atoms with Crippen LogP contribution in [-0.4, -0.2) is 49.8 Å². The zero-order chi connectivity index (χ0) is 23.2. The molecule has 2 aromatic carbocycles. The summed E-state index contributed by atoms with van der Waals surface area (Å²) in [5.41, 5.74) is 3.31. The molecule has 1 aliphatic heterocycles. The molecule has 2 heterocycles. The van der Waals surface area contributed by atoms with E-state index in [1.165, 1.54) is 6.42 Å². The molecule has 1 aliphatic rings. The third-order valence-electron chi connectivity index (χ3n) is 6.16. The molecule has 1 N–H and O–H groups in total. The molecular weight excluding hydrogens is 418 g/mol. The van der Waals surface area contributed by atoms with Gasteiger partial charge in [-0.1, -0.05) is 41.4 Å². The van der Waals surface area contributed by atoms with Gasteiger partial charge < -0.3 is 19.3 Å². The molecule has 1 amide bonds. The van der Waals surface area contributed by atoms with Crippen LogP contribution in [0.4, 0.5) is 0 Å². The normalized spacial score (nSPS) is 15.1. The fraction of sp³-hybridized carbons (Fsp3) is 0.385.